The van der Waals surface area contributed by atoms with Crippen molar-refractivity contribution in [3.05, 3.63) is 0 Å². The van der Waals surface area contributed by atoms with Crippen LogP contribution in [-0.2, 0) is 0 Å². The van der Waals surface area contributed by atoms with Gasteiger partial charge in [0.05, 0.1) is 12.8 Å². The van der Waals surface area contributed by atoms with Crippen molar-refractivity contribution in [2.75, 3.05) is 6.54 Å². The van der Waals surface area contributed by atoms with Crippen molar-refractivity contribution < 1.29 is 10.2 Å². The highest BCUT2D eigenvalue weighted by molar-refractivity contribution is 5.64. The van der Waals surface area contributed by atoms with Gasteiger partial charge in [-0.05, 0) is 0 Å². The summed E-state index contributed by atoms with van der Waals surface area (Å²) in [7, 11) is 0. The maximum absolute atomic E-state index is 8.77. The Hall–Kier alpha value is -0.610. The number of nitrogens with zero attached hydrogens (tertiary/aromatic N) is 1. The molecule has 46 valence electrons. The summed E-state index contributed by atoms with van der Waals surface area (Å²) < 4.78 is 0. The summed E-state index contributed by atoms with van der Waals surface area (Å²) in [5.41, 5.74) is 2.52. The number of hydrogen-bond donors (Lipinski definition) is 3. The lowest BCUT2D eigenvalue weighted by Gasteiger charge is -2.17. The molecule has 4 heteroatoms. The Labute approximate surface area is 46.8 Å². The van der Waals surface area contributed by atoms with Gasteiger partial charge in [-0.3, -0.25) is 0 Å². The predicted octanol–water partition coefficient (Wildman–Crippen LogP) is -1.70. The van der Waals surface area contributed by atoms with E-state index in [9.17, 15) is 0 Å². The number of hydrazone groups is 1. The highest BCUT2D eigenvalue weighted by Gasteiger charge is 2.15. The van der Waals surface area contributed by atoms with Crippen molar-refractivity contribution in [2.45, 2.75) is 12.2 Å². The lowest BCUT2D eigenvalue weighted by Crippen LogP contribution is -2.39. The van der Waals surface area contributed by atoms with Gasteiger partial charge in [-0.25, -0.2) is 0 Å². The Kier molecular flexibility index (Phi) is 1.45. The molecule has 2 atom stereocenters. The molecule has 8 heavy (non-hydrogen) atoms. The molecule has 0 saturated heterocycles. The molecule has 1 rings (SSSR count). The van der Waals surface area contributed by atoms with E-state index >= 15 is 0 Å². The Bertz CT molecular complexity index is 104. The molecule has 0 saturated carbocycles. The molecule has 0 bridgehead atoms. The monoisotopic (exact) mass is 116 g/mol. The van der Waals surface area contributed by atoms with E-state index in [1.165, 1.54) is 6.21 Å². The number of aliphatic hydroxyl groups is 2. The van der Waals surface area contributed by atoms with Crippen LogP contribution in [0, 0.1) is 0 Å². The van der Waals surface area contributed by atoms with Gasteiger partial charge in [0.25, 0.3) is 0 Å². The molecule has 0 aromatic rings. The third kappa shape index (κ3) is 0.962. The van der Waals surface area contributed by atoms with Crippen LogP contribution in [-0.4, -0.2) is 35.2 Å². The van der Waals surface area contributed by atoms with Crippen molar-refractivity contribution in [3.63, 3.8) is 0 Å². The molecule has 0 radical (unpaired) electrons. The fourth-order valence-corrected chi connectivity index (χ4v) is 0.495. The molecule has 0 aromatic heterocycles. The minimum absolute atomic E-state index is 0.331. The fraction of sp³-hybridized carbons (Fsp3) is 0.750. The van der Waals surface area contributed by atoms with Crippen molar-refractivity contribution >= 4 is 6.21 Å². The zero-order valence-corrected chi connectivity index (χ0v) is 4.28. The van der Waals surface area contributed by atoms with Crippen LogP contribution in [0.15, 0.2) is 5.10 Å². The first-order valence-corrected chi connectivity index (χ1v) is 2.43. The van der Waals surface area contributed by atoms with Gasteiger partial charge in [-0.1, -0.05) is 0 Å². The second-order valence-electron chi connectivity index (χ2n) is 1.70. The first kappa shape index (κ1) is 5.53. The van der Waals surface area contributed by atoms with Gasteiger partial charge in [0.15, 0.2) is 0 Å². The molecule has 4 nitrogen and oxygen atoms in total. The molecule has 1 aliphatic heterocycles. The first-order valence-electron chi connectivity index (χ1n) is 2.43. The Balaban J connectivity index is 2.47. The van der Waals surface area contributed by atoms with Gasteiger partial charge >= 0.3 is 0 Å². The average molecular weight is 116 g/mol. The van der Waals surface area contributed by atoms with Crippen LogP contribution in [0.5, 0.6) is 0 Å². The maximum Gasteiger partial charge on any atom is 0.118 e. The van der Waals surface area contributed by atoms with Gasteiger partial charge in [0.2, 0.25) is 0 Å². The largest absolute Gasteiger partial charge is 0.388 e. The van der Waals surface area contributed by atoms with Crippen LogP contribution < -0.4 is 5.43 Å². The van der Waals surface area contributed by atoms with E-state index in [-0.39, 0.29) is 0 Å². The molecule has 2 unspecified atom stereocenters. The first-order chi connectivity index (χ1) is 3.80. The van der Waals surface area contributed by atoms with Gasteiger partial charge in [0, 0.05) is 0 Å². The third-order valence-corrected chi connectivity index (χ3v) is 1.01. The normalized spacial score (nSPS) is 36.8. The van der Waals surface area contributed by atoms with E-state index in [1.807, 2.05) is 0 Å². The van der Waals surface area contributed by atoms with Crippen LogP contribution in [0.3, 0.4) is 0 Å². The summed E-state index contributed by atoms with van der Waals surface area (Å²) in [5.74, 6) is 0. The van der Waals surface area contributed by atoms with Crippen LogP contribution in [0.4, 0.5) is 0 Å². The SMILES string of the molecule is OC1C=NNCC1O. The van der Waals surface area contributed by atoms with Crippen LogP contribution in [0.2, 0.25) is 0 Å². The number of rotatable bonds is 0. The van der Waals surface area contributed by atoms with E-state index in [4.69, 9.17) is 10.2 Å². The molecule has 3 N–H and O–H groups in total. The Morgan fingerprint density at radius 3 is 2.75 bits per heavy atom. The summed E-state index contributed by atoms with van der Waals surface area (Å²) in [6, 6.07) is 0. The summed E-state index contributed by atoms with van der Waals surface area (Å²) in [6.07, 6.45) is -0.225. The summed E-state index contributed by atoms with van der Waals surface area (Å²) in [4.78, 5) is 0. The molecule has 0 fully saturated rings. The predicted molar refractivity (Wildman–Crippen MR) is 28.5 cm³/mol. The third-order valence-electron chi connectivity index (χ3n) is 1.01. The second kappa shape index (κ2) is 2.11. The maximum atomic E-state index is 8.77. The zero-order valence-electron chi connectivity index (χ0n) is 4.28. The minimum Gasteiger partial charge on any atom is -0.388 e. The van der Waals surface area contributed by atoms with Gasteiger partial charge in [-0.2, -0.15) is 5.10 Å². The Morgan fingerprint density at radius 1 is 1.62 bits per heavy atom. The zero-order chi connectivity index (χ0) is 5.98. The van der Waals surface area contributed by atoms with E-state index in [0.29, 0.717) is 6.54 Å². The lowest BCUT2D eigenvalue weighted by molar-refractivity contribution is 0.0570. The molecular formula is C4H8N2O2. The topological polar surface area (TPSA) is 64.9 Å². The van der Waals surface area contributed by atoms with E-state index in [2.05, 4.69) is 10.5 Å². The Morgan fingerprint density at radius 2 is 2.38 bits per heavy atom. The number of hydrogen-bond acceptors (Lipinski definition) is 4. The minimum atomic E-state index is -0.795. The van der Waals surface area contributed by atoms with Gasteiger partial charge < -0.3 is 15.6 Å². The summed E-state index contributed by atoms with van der Waals surface area (Å²) in [6.45, 7) is 0.331. The van der Waals surface area contributed by atoms with E-state index < -0.39 is 12.2 Å². The van der Waals surface area contributed by atoms with Crippen molar-refractivity contribution in [3.8, 4) is 0 Å². The van der Waals surface area contributed by atoms with Crippen LogP contribution in [0.1, 0.15) is 0 Å². The number of β-amino-alcohol motifs (C(OH)–C–C–N with tert-alkyl or cyclic N) is 1. The van der Waals surface area contributed by atoms with Crippen LogP contribution >= 0.6 is 0 Å². The van der Waals surface area contributed by atoms with Crippen molar-refractivity contribution in [1.82, 2.24) is 5.43 Å². The molecule has 0 aromatic carbocycles. The highest BCUT2D eigenvalue weighted by Crippen LogP contribution is 1.91. The average Bonchev–Trinajstić information content (AvgIpc) is 1.77. The van der Waals surface area contributed by atoms with Crippen molar-refractivity contribution in [2.24, 2.45) is 5.10 Å². The summed E-state index contributed by atoms with van der Waals surface area (Å²) in [5, 5.41) is 21.0. The quantitative estimate of drug-likeness (QED) is 0.353. The smallest absolute Gasteiger partial charge is 0.118 e. The molecule has 0 aliphatic carbocycles. The molecule has 0 spiro atoms. The van der Waals surface area contributed by atoms with Gasteiger partial charge in [-0.15, -0.1) is 0 Å². The van der Waals surface area contributed by atoms with Crippen molar-refractivity contribution in [1.29, 1.82) is 0 Å². The summed E-state index contributed by atoms with van der Waals surface area (Å²) >= 11 is 0. The molecular weight excluding hydrogens is 108 g/mol. The molecule has 1 aliphatic rings. The van der Waals surface area contributed by atoms with Crippen LogP contribution in [0.25, 0.3) is 0 Å². The van der Waals surface area contributed by atoms with E-state index in [1.54, 1.807) is 0 Å². The highest BCUT2D eigenvalue weighted by atomic mass is 16.3. The fourth-order valence-electron chi connectivity index (χ4n) is 0.495. The molecule has 1 heterocycles. The standard InChI is InChI=1S/C4H8N2O2/c7-3-1-5-6-2-4(3)8/h1,3-4,6-8H,2H2. The number of aliphatic hydroxyl groups excluding tert-OH is 2. The van der Waals surface area contributed by atoms with E-state index in [0.717, 1.165) is 0 Å². The molecule has 0 amide bonds. The second-order valence-corrected chi connectivity index (χ2v) is 1.70. The lowest BCUT2D eigenvalue weighted by atomic mass is 10.2. The van der Waals surface area contributed by atoms with Gasteiger partial charge in [0.1, 0.15) is 12.2 Å². The number of nitrogens with one attached hydrogen (secondary N) is 1.